The Morgan fingerprint density at radius 1 is 1.36 bits per heavy atom. The summed E-state index contributed by atoms with van der Waals surface area (Å²) in [7, 11) is 3.15. The van der Waals surface area contributed by atoms with Gasteiger partial charge in [-0.1, -0.05) is 6.07 Å². The molecule has 0 saturated carbocycles. The molecule has 11 heteroatoms. The van der Waals surface area contributed by atoms with Crippen LogP contribution in [0.1, 0.15) is 23.2 Å². The molecule has 1 heterocycles. The Morgan fingerprint density at radius 3 is 2.61 bits per heavy atom. The fourth-order valence-corrected chi connectivity index (χ4v) is 3.01. The lowest BCUT2D eigenvalue weighted by Crippen LogP contribution is -2.38. The second-order valence-corrected chi connectivity index (χ2v) is 6.56. The summed E-state index contributed by atoms with van der Waals surface area (Å²) < 4.78 is 56.6. The lowest BCUT2D eigenvalue weighted by atomic mass is 10.2. The molecular formula is C17H21F4IN4OS. The van der Waals surface area contributed by atoms with E-state index in [9.17, 15) is 17.6 Å². The Morgan fingerprint density at radius 2 is 2.07 bits per heavy atom. The largest absolute Gasteiger partial charge is 0.494 e. The first kappa shape index (κ1) is 24.4. The minimum Gasteiger partial charge on any atom is -0.494 e. The molecule has 2 rings (SSSR count). The maximum atomic E-state index is 13.8. The van der Waals surface area contributed by atoms with Crippen LogP contribution in [0, 0.1) is 5.82 Å². The molecule has 2 aromatic rings. The fourth-order valence-electron chi connectivity index (χ4n) is 2.28. The van der Waals surface area contributed by atoms with Gasteiger partial charge in [-0.25, -0.2) is 14.4 Å². The maximum absolute atomic E-state index is 13.8. The summed E-state index contributed by atoms with van der Waals surface area (Å²) in [4.78, 5) is 9.64. The van der Waals surface area contributed by atoms with Crippen LogP contribution >= 0.6 is 35.3 Å². The standard InChI is InChI=1S/C17H20F4N4OS.HI/c1-4-22-16(23-8-15-24-14(10-27-15)17(19,20)21)25(2)9-11-5-6-13(26-3)12(18)7-11;/h5-7,10H,4,8-9H2,1-3H3,(H,22,23);1H. The van der Waals surface area contributed by atoms with Gasteiger partial charge in [-0.2, -0.15) is 13.2 Å². The average molecular weight is 532 g/mol. The summed E-state index contributed by atoms with van der Waals surface area (Å²) in [6.45, 7) is 2.83. The SMILES string of the molecule is CCNC(=NCc1nc(C(F)(F)F)cs1)N(C)Cc1ccc(OC)c(F)c1.I. The molecule has 0 aliphatic heterocycles. The van der Waals surface area contributed by atoms with Crippen molar-refractivity contribution in [1.82, 2.24) is 15.2 Å². The Labute approximate surface area is 181 Å². The molecule has 1 aromatic heterocycles. The summed E-state index contributed by atoms with van der Waals surface area (Å²) in [6.07, 6.45) is -4.46. The molecule has 0 saturated heterocycles. The fraction of sp³-hybridized carbons (Fsp3) is 0.412. The second-order valence-electron chi connectivity index (χ2n) is 5.62. The van der Waals surface area contributed by atoms with Crippen molar-refractivity contribution in [3.05, 3.63) is 45.7 Å². The molecule has 0 aliphatic rings. The highest BCUT2D eigenvalue weighted by Crippen LogP contribution is 2.30. The van der Waals surface area contributed by atoms with E-state index >= 15 is 0 Å². The summed E-state index contributed by atoms with van der Waals surface area (Å²) in [5.74, 6) is 0.177. The first-order chi connectivity index (χ1) is 12.7. The number of aliphatic imine (C=N–C) groups is 1. The van der Waals surface area contributed by atoms with Crippen molar-refractivity contribution in [3.8, 4) is 5.75 Å². The monoisotopic (exact) mass is 532 g/mol. The van der Waals surface area contributed by atoms with E-state index in [2.05, 4.69) is 15.3 Å². The summed E-state index contributed by atoms with van der Waals surface area (Å²) in [5.41, 5.74) is -0.209. The van der Waals surface area contributed by atoms with Crippen molar-refractivity contribution in [2.45, 2.75) is 26.2 Å². The Bertz CT molecular complexity index is 798. The number of nitrogens with one attached hydrogen (secondary N) is 1. The van der Waals surface area contributed by atoms with E-state index in [1.54, 1.807) is 18.0 Å². The molecule has 0 spiro atoms. The smallest absolute Gasteiger partial charge is 0.434 e. The molecule has 0 fully saturated rings. The number of nitrogens with zero attached hydrogens (tertiary/aromatic N) is 3. The summed E-state index contributed by atoms with van der Waals surface area (Å²) in [5, 5.41) is 4.30. The van der Waals surface area contributed by atoms with Crippen molar-refractivity contribution in [2.24, 2.45) is 4.99 Å². The van der Waals surface area contributed by atoms with Crippen LogP contribution in [-0.4, -0.2) is 36.5 Å². The van der Waals surface area contributed by atoms with Gasteiger partial charge >= 0.3 is 6.18 Å². The zero-order valence-corrected chi connectivity index (χ0v) is 18.7. The number of alkyl halides is 3. The molecule has 0 aliphatic carbocycles. The molecule has 5 nitrogen and oxygen atoms in total. The van der Waals surface area contributed by atoms with Crippen LogP contribution in [0.4, 0.5) is 17.6 Å². The maximum Gasteiger partial charge on any atom is 0.434 e. The lowest BCUT2D eigenvalue weighted by Gasteiger charge is -2.22. The molecular weight excluding hydrogens is 511 g/mol. The minimum atomic E-state index is -4.46. The van der Waals surface area contributed by atoms with Gasteiger partial charge in [-0.05, 0) is 24.6 Å². The van der Waals surface area contributed by atoms with Crippen LogP contribution in [0.15, 0.2) is 28.6 Å². The van der Waals surface area contributed by atoms with Crippen molar-refractivity contribution in [2.75, 3.05) is 20.7 Å². The molecule has 0 radical (unpaired) electrons. The molecule has 0 atom stereocenters. The number of thiazole rings is 1. The van der Waals surface area contributed by atoms with Crippen molar-refractivity contribution in [3.63, 3.8) is 0 Å². The quantitative estimate of drug-likeness (QED) is 0.257. The molecule has 156 valence electrons. The number of hydrogen-bond acceptors (Lipinski definition) is 4. The molecule has 0 amide bonds. The number of guanidine groups is 1. The number of rotatable bonds is 6. The molecule has 1 aromatic carbocycles. The average Bonchev–Trinajstić information content (AvgIpc) is 3.08. The number of hydrogen-bond donors (Lipinski definition) is 1. The van der Waals surface area contributed by atoms with Gasteiger partial charge in [0.05, 0.1) is 13.7 Å². The Kier molecular flexibility index (Phi) is 9.40. The van der Waals surface area contributed by atoms with E-state index in [1.807, 2.05) is 6.92 Å². The lowest BCUT2D eigenvalue weighted by molar-refractivity contribution is -0.140. The normalized spacial score (nSPS) is 11.8. The molecule has 0 unspecified atom stereocenters. The second kappa shape index (κ2) is 10.8. The van der Waals surface area contributed by atoms with Crippen LogP contribution in [0.5, 0.6) is 5.75 Å². The topological polar surface area (TPSA) is 49.8 Å². The zero-order chi connectivity index (χ0) is 20.0. The van der Waals surface area contributed by atoms with Crippen LogP contribution in [0.25, 0.3) is 0 Å². The highest BCUT2D eigenvalue weighted by molar-refractivity contribution is 14.0. The van der Waals surface area contributed by atoms with Gasteiger partial charge < -0.3 is 15.0 Å². The Hall–Kier alpha value is -1.63. The molecule has 0 bridgehead atoms. The van der Waals surface area contributed by atoms with Crippen molar-refractivity contribution < 1.29 is 22.3 Å². The van der Waals surface area contributed by atoms with Gasteiger partial charge in [-0.15, -0.1) is 35.3 Å². The third-order valence-electron chi connectivity index (χ3n) is 3.54. The first-order valence-electron chi connectivity index (χ1n) is 8.08. The van der Waals surface area contributed by atoms with Crippen LogP contribution in [0.3, 0.4) is 0 Å². The van der Waals surface area contributed by atoms with Crippen molar-refractivity contribution in [1.29, 1.82) is 0 Å². The van der Waals surface area contributed by atoms with Crippen LogP contribution < -0.4 is 10.1 Å². The number of aromatic nitrogens is 1. The first-order valence-corrected chi connectivity index (χ1v) is 8.96. The summed E-state index contributed by atoms with van der Waals surface area (Å²) in [6, 6.07) is 4.64. The minimum absolute atomic E-state index is 0. The van der Waals surface area contributed by atoms with E-state index in [-0.39, 0.29) is 41.3 Å². The number of halogens is 5. The van der Waals surface area contributed by atoms with Crippen LogP contribution in [0.2, 0.25) is 0 Å². The van der Waals surface area contributed by atoms with Gasteiger partial charge in [0.2, 0.25) is 0 Å². The van der Waals surface area contributed by atoms with Crippen LogP contribution in [-0.2, 0) is 19.3 Å². The third-order valence-corrected chi connectivity index (χ3v) is 4.37. The van der Waals surface area contributed by atoms with Crippen molar-refractivity contribution >= 4 is 41.3 Å². The highest BCUT2D eigenvalue weighted by atomic mass is 127. The van der Waals surface area contributed by atoms with Gasteiger partial charge in [0, 0.05) is 25.5 Å². The Balaban J connectivity index is 0.00000392. The van der Waals surface area contributed by atoms with E-state index in [0.29, 0.717) is 24.6 Å². The molecule has 1 N–H and O–H groups in total. The van der Waals surface area contributed by atoms with Gasteiger partial charge in [0.15, 0.2) is 23.2 Å². The number of ether oxygens (including phenoxy) is 1. The van der Waals surface area contributed by atoms with E-state index in [4.69, 9.17) is 4.74 Å². The molecule has 28 heavy (non-hydrogen) atoms. The zero-order valence-electron chi connectivity index (χ0n) is 15.5. The van der Waals surface area contributed by atoms with E-state index < -0.39 is 17.7 Å². The van der Waals surface area contributed by atoms with Gasteiger partial charge in [-0.3, -0.25) is 0 Å². The number of benzene rings is 1. The summed E-state index contributed by atoms with van der Waals surface area (Å²) >= 11 is 0.910. The predicted molar refractivity (Wildman–Crippen MR) is 112 cm³/mol. The van der Waals surface area contributed by atoms with Gasteiger partial charge in [0.1, 0.15) is 5.01 Å². The highest BCUT2D eigenvalue weighted by Gasteiger charge is 2.33. The van der Waals surface area contributed by atoms with Gasteiger partial charge in [0.25, 0.3) is 0 Å². The third kappa shape index (κ3) is 6.76. The predicted octanol–water partition coefficient (Wildman–Crippen LogP) is 4.53. The van der Waals surface area contributed by atoms with E-state index in [1.165, 1.54) is 19.2 Å². The number of methoxy groups -OCH3 is 1. The van der Waals surface area contributed by atoms with E-state index in [0.717, 1.165) is 16.7 Å².